The van der Waals surface area contributed by atoms with E-state index in [-0.39, 0.29) is 0 Å². The minimum Gasteiger partial charge on any atom is -0.377 e. The molecule has 1 aliphatic rings. The molecule has 0 spiro atoms. The van der Waals surface area contributed by atoms with Gasteiger partial charge in [0.05, 0.1) is 0 Å². The fourth-order valence-electron chi connectivity index (χ4n) is 1.50. The Morgan fingerprint density at radius 2 is 2.00 bits per heavy atom. The number of hydrazone groups is 1. The van der Waals surface area contributed by atoms with Crippen LogP contribution in [0, 0.1) is 0 Å². The maximum Gasteiger partial charge on any atom is 0.177 e. The highest BCUT2D eigenvalue weighted by atomic mass is 32.2. The highest BCUT2D eigenvalue weighted by molar-refractivity contribution is 8.13. The lowest BCUT2D eigenvalue weighted by molar-refractivity contribution is 0.242. The molecule has 4 N–H and O–H groups in total. The molecule has 0 aromatic rings. The van der Waals surface area contributed by atoms with Crippen molar-refractivity contribution in [1.82, 2.24) is 4.90 Å². The molecule has 0 saturated carbocycles. The van der Waals surface area contributed by atoms with Gasteiger partial charge in [0, 0.05) is 12.3 Å². The maximum absolute atomic E-state index is 5.46. The molecule has 1 rings (SSSR count). The summed E-state index contributed by atoms with van der Waals surface area (Å²) >= 11 is 1.53. The smallest absolute Gasteiger partial charge is 0.177 e. The van der Waals surface area contributed by atoms with Crippen molar-refractivity contribution >= 4 is 16.9 Å². The van der Waals surface area contributed by atoms with Crippen LogP contribution >= 0.6 is 11.8 Å². The van der Waals surface area contributed by atoms with Gasteiger partial charge < -0.3 is 16.5 Å². The van der Waals surface area contributed by atoms with Gasteiger partial charge in [-0.1, -0.05) is 18.2 Å². The lowest BCUT2D eigenvalue weighted by atomic mass is 10.1. The van der Waals surface area contributed by atoms with E-state index in [1.54, 1.807) is 0 Å². The van der Waals surface area contributed by atoms with Crippen molar-refractivity contribution in [2.24, 2.45) is 16.7 Å². The molecule has 0 amide bonds. The average Bonchev–Trinajstić information content (AvgIpc) is 2.19. The zero-order valence-corrected chi connectivity index (χ0v) is 8.72. The van der Waals surface area contributed by atoms with Crippen molar-refractivity contribution in [2.45, 2.75) is 19.3 Å². The predicted octanol–water partition coefficient (Wildman–Crippen LogP) is 0.394. The predicted molar refractivity (Wildman–Crippen MR) is 58.6 cm³/mol. The second-order valence-corrected chi connectivity index (χ2v) is 4.33. The van der Waals surface area contributed by atoms with Crippen molar-refractivity contribution in [3.63, 3.8) is 0 Å². The Morgan fingerprint density at radius 1 is 1.31 bits per heavy atom. The molecule has 0 aliphatic carbocycles. The van der Waals surface area contributed by atoms with E-state index in [0.717, 1.165) is 12.3 Å². The third kappa shape index (κ3) is 4.38. The summed E-state index contributed by atoms with van der Waals surface area (Å²) in [7, 11) is 0. The van der Waals surface area contributed by atoms with Crippen molar-refractivity contribution in [2.75, 3.05) is 25.4 Å². The molecule has 1 fully saturated rings. The van der Waals surface area contributed by atoms with Gasteiger partial charge in [0.1, 0.15) is 0 Å². The summed E-state index contributed by atoms with van der Waals surface area (Å²) in [5.74, 6) is 6.01. The van der Waals surface area contributed by atoms with E-state index >= 15 is 0 Å². The molecular weight excluding hydrogens is 184 g/mol. The third-order valence-electron chi connectivity index (χ3n) is 2.23. The summed E-state index contributed by atoms with van der Waals surface area (Å²) in [6.45, 7) is 3.57. The van der Waals surface area contributed by atoms with E-state index in [1.165, 1.54) is 44.1 Å². The Bertz CT molecular complexity index is 166. The Balaban J connectivity index is 2.04. The highest BCUT2D eigenvalue weighted by Crippen LogP contribution is 2.09. The Labute approximate surface area is 83.7 Å². The van der Waals surface area contributed by atoms with E-state index < -0.39 is 0 Å². The van der Waals surface area contributed by atoms with Crippen molar-refractivity contribution in [3.05, 3.63) is 0 Å². The number of hydrogen-bond donors (Lipinski definition) is 2. The monoisotopic (exact) mass is 202 g/mol. The lowest BCUT2D eigenvalue weighted by Gasteiger charge is -2.25. The van der Waals surface area contributed by atoms with Crippen LogP contribution in [0.4, 0.5) is 0 Å². The van der Waals surface area contributed by atoms with Gasteiger partial charge in [-0.25, -0.2) is 0 Å². The minimum atomic E-state index is 0.483. The van der Waals surface area contributed by atoms with E-state index in [9.17, 15) is 0 Å². The van der Waals surface area contributed by atoms with Crippen LogP contribution in [-0.4, -0.2) is 35.5 Å². The normalized spacial score (nSPS) is 20.5. The van der Waals surface area contributed by atoms with Crippen LogP contribution in [0.3, 0.4) is 0 Å². The number of likely N-dealkylation sites (tertiary alicyclic amines) is 1. The Kier molecular flexibility index (Phi) is 5.00. The molecule has 0 radical (unpaired) electrons. The Morgan fingerprint density at radius 3 is 2.62 bits per heavy atom. The third-order valence-corrected chi connectivity index (χ3v) is 3.02. The summed E-state index contributed by atoms with van der Waals surface area (Å²) in [6, 6.07) is 0. The molecule has 5 heteroatoms. The van der Waals surface area contributed by atoms with Gasteiger partial charge in [0.15, 0.2) is 5.17 Å². The number of amidine groups is 1. The molecule has 0 bridgehead atoms. The van der Waals surface area contributed by atoms with Gasteiger partial charge in [-0.2, -0.15) is 5.10 Å². The van der Waals surface area contributed by atoms with Gasteiger partial charge in [0.2, 0.25) is 0 Å². The van der Waals surface area contributed by atoms with Crippen LogP contribution in [0.25, 0.3) is 0 Å². The van der Waals surface area contributed by atoms with Crippen LogP contribution in [-0.2, 0) is 0 Å². The van der Waals surface area contributed by atoms with Gasteiger partial charge >= 0.3 is 0 Å². The average molecular weight is 202 g/mol. The van der Waals surface area contributed by atoms with Gasteiger partial charge in [-0.15, -0.1) is 0 Å². The summed E-state index contributed by atoms with van der Waals surface area (Å²) in [4.78, 5) is 2.47. The van der Waals surface area contributed by atoms with E-state index in [0.29, 0.717) is 5.17 Å². The largest absolute Gasteiger partial charge is 0.377 e. The number of rotatable bonds is 3. The fraction of sp³-hybridized carbons (Fsp3) is 0.875. The summed E-state index contributed by atoms with van der Waals surface area (Å²) in [5.41, 5.74) is 5.46. The summed E-state index contributed by atoms with van der Waals surface area (Å²) in [6.07, 6.45) is 4.06. The van der Waals surface area contributed by atoms with E-state index in [1.807, 2.05) is 0 Å². The van der Waals surface area contributed by atoms with Crippen LogP contribution in [0.5, 0.6) is 0 Å². The number of hydrogen-bond acceptors (Lipinski definition) is 4. The second kappa shape index (κ2) is 6.10. The van der Waals surface area contributed by atoms with E-state index in [4.69, 9.17) is 11.6 Å². The van der Waals surface area contributed by atoms with Gasteiger partial charge in [0.25, 0.3) is 0 Å². The maximum atomic E-state index is 5.46. The SMILES string of the molecule is NN=C(N)SCCN1CCCCC1. The quantitative estimate of drug-likeness (QED) is 0.301. The Hall–Kier alpha value is -0.420. The van der Waals surface area contributed by atoms with Gasteiger partial charge in [-0.05, 0) is 25.9 Å². The first-order valence-electron chi connectivity index (χ1n) is 4.71. The topological polar surface area (TPSA) is 67.6 Å². The molecule has 1 heterocycles. The standard InChI is InChI=1S/C8H18N4S/c9-8(11-10)13-7-6-12-4-2-1-3-5-12/h1-7,10H2,(H2,9,11). The van der Waals surface area contributed by atoms with Crippen LogP contribution in [0.1, 0.15) is 19.3 Å². The highest BCUT2D eigenvalue weighted by Gasteiger charge is 2.09. The molecule has 76 valence electrons. The molecule has 0 atom stereocenters. The zero-order valence-electron chi connectivity index (χ0n) is 7.91. The van der Waals surface area contributed by atoms with Gasteiger partial charge in [-0.3, -0.25) is 0 Å². The minimum absolute atomic E-state index is 0.483. The summed E-state index contributed by atoms with van der Waals surface area (Å²) in [5, 5.41) is 3.89. The first kappa shape index (κ1) is 10.7. The molecule has 1 saturated heterocycles. The van der Waals surface area contributed by atoms with Crippen LogP contribution in [0.15, 0.2) is 5.10 Å². The molecule has 0 aromatic carbocycles. The fourth-order valence-corrected chi connectivity index (χ4v) is 2.13. The molecule has 4 nitrogen and oxygen atoms in total. The molecule has 13 heavy (non-hydrogen) atoms. The number of piperidine rings is 1. The van der Waals surface area contributed by atoms with Crippen molar-refractivity contribution in [1.29, 1.82) is 0 Å². The zero-order chi connectivity index (χ0) is 9.52. The molecule has 1 aliphatic heterocycles. The number of thioether (sulfide) groups is 1. The van der Waals surface area contributed by atoms with E-state index in [2.05, 4.69) is 10.0 Å². The first-order valence-corrected chi connectivity index (χ1v) is 5.70. The molecule has 0 aromatic heterocycles. The van der Waals surface area contributed by atoms with Crippen LogP contribution < -0.4 is 11.6 Å². The summed E-state index contributed by atoms with van der Waals surface area (Å²) < 4.78 is 0. The number of nitrogens with zero attached hydrogens (tertiary/aromatic N) is 2. The van der Waals surface area contributed by atoms with Crippen molar-refractivity contribution < 1.29 is 0 Å². The molecular formula is C8H18N4S. The first-order chi connectivity index (χ1) is 6.33. The lowest BCUT2D eigenvalue weighted by Crippen LogP contribution is -2.32. The number of nitrogens with two attached hydrogens (primary N) is 2. The van der Waals surface area contributed by atoms with Crippen molar-refractivity contribution in [3.8, 4) is 0 Å². The second-order valence-electron chi connectivity index (χ2n) is 3.22. The van der Waals surface area contributed by atoms with Crippen LogP contribution in [0.2, 0.25) is 0 Å². The molecule has 0 unspecified atom stereocenters.